The molecular formula is C22H29N3O4. The average Bonchev–Trinajstić information content (AvgIpc) is 3.37. The zero-order chi connectivity index (χ0) is 19.8. The molecule has 1 aromatic carbocycles. The van der Waals surface area contributed by atoms with Crippen LogP contribution >= 0.6 is 0 Å². The van der Waals surface area contributed by atoms with E-state index in [1.807, 2.05) is 18.2 Å². The van der Waals surface area contributed by atoms with E-state index in [1.165, 1.54) is 0 Å². The number of amides is 2. The second kappa shape index (κ2) is 7.52. The number of hydrogen-bond donors (Lipinski definition) is 2. The Labute approximate surface area is 171 Å². The van der Waals surface area contributed by atoms with Gasteiger partial charge in [-0.15, -0.1) is 0 Å². The smallest absolute Gasteiger partial charge is 0.251 e. The normalized spacial score (nSPS) is 23.3. The Bertz CT molecular complexity index is 793. The van der Waals surface area contributed by atoms with Crippen molar-refractivity contribution in [2.75, 3.05) is 25.0 Å². The molecule has 3 fully saturated rings. The molecule has 5 rings (SSSR count). The van der Waals surface area contributed by atoms with E-state index in [9.17, 15) is 9.59 Å². The number of rotatable bonds is 5. The van der Waals surface area contributed by atoms with E-state index in [0.717, 1.165) is 81.6 Å². The number of carbonyl (C=O) groups is 2. The highest BCUT2D eigenvalue weighted by Crippen LogP contribution is 2.47. The fourth-order valence-corrected chi connectivity index (χ4v) is 4.59. The third kappa shape index (κ3) is 4.20. The number of likely N-dealkylation sites (tertiary alicyclic amines) is 1. The lowest BCUT2D eigenvalue weighted by Gasteiger charge is -2.31. The number of fused-ring (bicyclic) bond motifs is 1. The molecule has 1 aromatic rings. The van der Waals surface area contributed by atoms with Crippen molar-refractivity contribution < 1.29 is 19.1 Å². The monoisotopic (exact) mass is 399 g/mol. The van der Waals surface area contributed by atoms with Gasteiger partial charge in [0.1, 0.15) is 0 Å². The largest absolute Gasteiger partial charge is 0.448 e. The maximum Gasteiger partial charge on any atom is 0.251 e. The molecule has 7 nitrogen and oxygen atoms in total. The first kappa shape index (κ1) is 18.7. The standard InChI is InChI=1S/C22H29N3O4/c26-20(14-25-11-7-16(8-12-25)24-21(27)15-3-4-15)23-17-5-6-18-19(13-17)29-22(28-18)9-1-2-10-22/h5-6,13,15-16H,1-4,7-12,14H2,(H,23,26)(H,24,27). The Balaban J connectivity index is 1.09. The molecule has 2 heterocycles. The number of piperidine rings is 1. The van der Waals surface area contributed by atoms with E-state index in [4.69, 9.17) is 9.47 Å². The van der Waals surface area contributed by atoms with Crippen molar-refractivity contribution in [2.45, 2.75) is 63.2 Å². The molecule has 0 radical (unpaired) electrons. The number of ether oxygens (including phenoxy) is 2. The fourth-order valence-electron chi connectivity index (χ4n) is 4.59. The summed E-state index contributed by atoms with van der Waals surface area (Å²) in [5.41, 5.74) is 0.735. The number of nitrogens with one attached hydrogen (secondary N) is 2. The van der Waals surface area contributed by atoms with E-state index < -0.39 is 5.79 Å². The number of carbonyl (C=O) groups excluding carboxylic acids is 2. The second-order valence-corrected chi connectivity index (χ2v) is 8.86. The van der Waals surface area contributed by atoms with Crippen LogP contribution in [0.15, 0.2) is 18.2 Å². The Hall–Kier alpha value is -2.28. The van der Waals surface area contributed by atoms with Crippen LogP contribution in [0.25, 0.3) is 0 Å². The lowest BCUT2D eigenvalue weighted by molar-refractivity contribution is -0.123. The summed E-state index contributed by atoms with van der Waals surface area (Å²) in [5.74, 6) is 1.44. The number of benzene rings is 1. The predicted octanol–water partition coefficient (Wildman–Crippen LogP) is 2.66. The van der Waals surface area contributed by atoms with Gasteiger partial charge in [0.05, 0.1) is 6.54 Å². The average molecular weight is 399 g/mol. The molecule has 1 spiro atoms. The van der Waals surface area contributed by atoms with Crippen molar-refractivity contribution >= 4 is 17.5 Å². The van der Waals surface area contributed by atoms with Gasteiger partial charge in [-0.2, -0.15) is 0 Å². The molecule has 2 aliphatic carbocycles. The molecule has 0 bridgehead atoms. The zero-order valence-corrected chi connectivity index (χ0v) is 16.7. The van der Waals surface area contributed by atoms with Crippen LogP contribution in [0.4, 0.5) is 5.69 Å². The second-order valence-electron chi connectivity index (χ2n) is 8.86. The summed E-state index contributed by atoms with van der Waals surface area (Å²) < 4.78 is 12.1. The molecule has 0 atom stereocenters. The molecule has 1 saturated heterocycles. The summed E-state index contributed by atoms with van der Waals surface area (Å²) in [6.45, 7) is 2.01. The first-order chi connectivity index (χ1) is 14.1. The van der Waals surface area contributed by atoms with Crippen molar-refractivity contribution in [1.82, 2.24) is 10.2 Å². The van der Waals surface area contributed by atoms with Gasteiger partial charge >= 0.3 is 0 Å². The van der Waals surface area contributed by atoms with Crippen LogP contribution in [0, 0.1) is 5.92 Å². The zero-order valence-electron chi connectivity index (χ0n) is 16.7. The van der Waals surface area contributed by atoms with Crippen molar-refractivity contribution in [2.24, 2.45) is 5.92 Å². The summed E-state index contributed by atoms with van der Waals surface area (Å²) in [7, 11) is 0. The van der Waals surface area contributed by atoms with Crippen molar-refractivity contribution in [3.05, 3.63) is 18.2 Å². The lowest BCUT2D eigenvalue weighted by Crippen LogP contribution is -2.46. The highest BCUT2D eigenvalue weighted by atomic mass is 16.7. The third-order valence-electron chi connectivity index (χ3n) is 6.43. The van der Waals surface area contributed by atoms with Gasteiger partial charge in [0.25, 0.3) is 5.79 Å². The van der Waals surface area contributed by atoms with Crippen molar-refractivity contribution in [1.29, 1.82) is 0 Å². The van der Waals surface area contributed by atoms with Crippen LogP contribution < -0.4 is 20.1 Å². The van der Waals surface area contributed by atoms with Crippen LogP contribution in [0.5, 0.6) is 11.5 Å². The van der Waals surface area contributed by atoms with Gasteiger partial charge in [-0.1, -0.05) is 0 Å². The molecule has 2 saturated carbocycles. The molecule has 0 unspecified atom stereocenters. The van der Waals surface area contributed by atoms with Gasteiger partial charge < -0.3 is 20.1 Å². The van der Waals surface area contributed by atoms with Gasteiger partial charge in [-0.05, 0) is 50.7 Å². The minimum Gasteiger partial charge on any atom is -0.448 e. The highest BCUT2D eigenvalue weighted by Gasteiger charge is 2.44. The van der Waals surface area contributed by atoms with Gasteiger partial charge in [0.15, 0.2) is 11.5 Å². The van der Waals surface area contributed by atoms with E-state index >= 15 is 0 Å². The molecule has 7 heteroatoms. The summed E-state index contributed by atoms with van der Waals surface area (Å²) in [6, 6.07) is 5.86. The quantitative estimate of drug-likeness (QED) is 0.796. The van der Waals surface area contributed by atoms with Crippen LogP contribution in [-0.4, -0.2) is 48.2 Å². The fraction of sp³-hybridized carbons (Fsp3) is 0.636. The van der Waals surface area contributed by atoms with E-state index in [0.29, 0.717) is 6.54 Å². The molecule has 2 aliphatic heterocycles. The molecule has 2 amide bonds. The van der Waals surface area contributed by atoms with Gasteiger partial charge in [0.2, 0.25) is 11.8 Å². The predicted molar refractivity (Wildman–Crippen MR) is 108 cm³/mol. The Kier molecular flexibility index (Phi) is 4.86. The van der Waals surface area contributed by atoms with Gasteiger partial charge in [0, 0.05) is 49.6 Å². The van der Waals surface area contributed by atoms with Crippen molar-refractivity contribution in [3.8, 4) is 11.5 Å². The Morgan fingerprint density at radius 1 is 1.03 bits per heavy atom. The summed E-state index contributed by atoms with van der Waals surface area (Å²) in [4.78, 5) is 26.5. The molecule has 4 aliphatic rings. The van der Waals surface area contributed by atoms with Crippen molar-refractivity contribution in [3.63, 3.8) is 0 Å². The Morgan fingerprint density at radius 3 is 2.48 bits per heavy atom. The summed E-state index contributed by atoms with van der Waals surface area (Å²) in [5, 5.41) is 6.13. The van der Waals surface area contributed by atoms with Crippen LogP contribution in [0.3, 0.4) is 0 Å². The first-order valence-electron chi connectivity index (χ1n) is 10.9. The minimum absolute atomic E-state index is 0.0279. The topological polar surface area (TPSA) is 79.9 Å². The Morgan fingerprint density at radius 2 is 1.76 bits per heavy atom. The number of nitrogens with zero attached hydrogens (tertiary/aromatic N) is 1. The van der Waals surface area contributed by atoms with E-state index in [-0.39, 0.29) is 23.8 Å². The van der Waals surface area contributed by atoms with Gasteiger partial charge in [-0.3, -0.25) is 14.5 Å². The van der Waals surface area contributed by atoms with E-state index in [2.05, 4.69) is 15.5 Å². The summed E-state index contributed by atoms with van der Waals surface area (Å²) in [6.07, 6.45) is 7.95. The van der Waals surface area contributed by atoms with E-state index in [1.54, 1.807) is 0 Å². The van der Waals surface area contributed by atoms with Crippen LogP contribution in [0.1, 0.15) is 51.4 Å². The molecule has 156 valence electrons. The molecule has 2 N–H and O–H groups in total. The van der Waals surface area contributed by atoms with Crippen LogP contribution in [-0.2, 0) is 9.59 Å². The van der Waals surface area contributed by atoms with Gasteiger partial charge in [-0.25, -0.2) is 0 Å². The van der Waals surface area contributed by atoms with Crippen LogP contribution in [0.2, 0.25) is 0 Å². The minimum atomic E-state index is -0.482. The highest BCUT2D eigenvalue weighted by molar-refractivity contribution is 5.92. The first-order valence-corrected chi connectivity index (χ1v) is 10.9. The summed E-state index contributed by atoms with van der Waals surface area (Å²) >= 11 is 0. The molecule has 29 heavy (non-hydrogen) atoms. The molecule has 0 aromatic heterocycles. The number of anilines is 1. The third-order valence-corrected chi connectivity index (χ3v) is 6.43. The SMILES string of the molecule is O=C(CN1CCC(NC(=O)C2CC2)CC1)Nc1ccc2c(c1)OC1(CCCC1)O2. The maximum atomic E-state index is 12.5. The number of hydrogen-bond acceptors (Lipinski definition) is 5. The maximum absolute atomic E-state index is 12.5. The molecular weight excluding hydrogens is 370 g/mol. The lowest BCUT2D eigenvalue weighted by atomic mass is 10.0.